The lowest BCUT2D eigenvalue weighted by molar-refractivity contribution is -0.116. The van der Waals surface area contributed by atoms with Crippen LogP contribution in [0.1, 0.15) is 22.3 Å². The Bertz CT molecular complexity index is 471. The number of carbonyl (C=O) groups is 2. The normalized spacial score (nSPS) is 14.2. The van der Waals surface area contributed by atoms with Crippen molar-refractivity contribution in [1.29, 1.82) is 0 Å². The van der Waals surface area contributed by atoms with Crippen LogP contribution in [-0.4, -0.2) is 17.6 Å². The molecule has 16 heavy (non-hydrogen) atoms. The molecule has 2 rings (SSSR count). The second-order valence-corrected chi connectivity index (χ2v) is 4.27. The third-order valence-electron chi connectivity index (χ3n) is 2.50. The zero-order valence-electron chi connectivity index (χ0n) is 8.35. The molecule has 0 atom stereocenters. The lowest BCUT2D eigenvalue weighted by Crippen LogP contribution is -2.20. The van der Waals surface area contributed by atoms with Crippen molar-refractivity contribution >= 4 is 40.6 Å². The second kappa shape index (κ2) is 4.44. The number of anilines is 1. The molecule has 1 heterocycles. The van der Waals surface area contributed by atoms with Gasteiger partial charge >= 0.3 is 0 Å². The van der Waals surface area contributed by atoms with Crippen molar-refractivity contribution in [3.63, 3.8) is 0 Å². The summed E-state index contributed by atoms with van der Waals surface area (Å²) in [7, 11) is 0. The lowest BCUT2D eigenvalue weighted by atomic mass is 9.99. The fraction of sp³-hybridized carbons (Fsp3) is 0.273. The van der Waals surface area contributed by atoms with Gasteiger partial charge in [-0.25, -0.2) is 0 Å². The Morgan fingerprint density at radius 3 is 2.81 bits per heavy atom. The fourth-order valence-electron chi connectivity index (χ4n) is 1.69. The van der Waals surface area contributed by atoms with E-state index >= 15 is 0 Å². The van der Waals surface area contributed by atoms with E-state index in [1.807, 2.05) is 0 Å². The molecule has 0 saturated heterocycles. The molecule has 84 valence electrons. The van der Waals surface area contributed by atoms with Crippen LogP contribution < -0.4 is 5.32 Å². The van der Waals surface area contributed by atoms with E-state index in [1.165, 1.54) is 6.07 Å². The Morgan fingerprint density at radius 1 is 1.38 bits per heavy atom. The van der Waals surface area contributed by atoms with Crippen LogP contribution in [0.5, 0.6) is 0 Å². The molecule has 5 heteroatoms. The largest absolute Gasteiger partial charge is 0.325 e. The summed E-state index contributed by atoms with van der Waals surface area (Å²) in [6, 6.07) is 3.28. The predicted octanol–water partition coefficient (Wildman–Crippen LogP) is 2.65. The molecule has 0 aliphatic carbocycles. The summed E-state index contributed by atoms with van der Waals surface area (Å²) in [6.45, 7) is 0. The van der Waals surface area contributed by atoms with Gasteiger partial charge in [0.05, 0.1) is 16.6 Å². The highest BCUT2D eigenvalue weighted by atomic mass is 35.5. The van der Waals surface area contributed by atoms with Gasteiger partial charge in [-0.3, -0.25) is 9.59 Å². The molecule has 0 fully saturated rings. The number of hydrogen-bond acceptors (Lipinski definition) is 2. The van der Waals surface area contributed by atoms with Crippen molar-refractivity contribution in [1.82, 2.24) is 0 Å². The zero-order valence-corrected chi connectivity index (χ0v) is 9.86. The van der Waals surface area contributed by atoms with Crippen molar-refractivity contribution in [3.8, 4) is 0 Å². The smallest absolute Gasteiger partial charge is 0.224 e. The van der Waals surface area contributed by atoms with Crippen LogP contribution in [0, 0.1) is 0 Å². The molecule has 3 nitrogen and oxygen atoms in total. The summed E-state index contributed by atoms with van der Waals surface area (Å²) < 4.78 is 0. The van der Waals surface area contributed by atoms with E-state index in [9.17, 15) is 9.59 Å². The van der Waals surface area contributed by atoms with Gasteiger partial charge in [0.2, 0.25) is 5.91 Å². The molecule has 1 aliphatic rings. The number of fused-ring (bicyclic) bond motifs is 1. The van der Waals surface area contributed by atoms with Crippen molar-refractivity contribution in [2.24, 2.45) is 0 Å². The topological polar surface area (TPSA) is 46.2 Å². The second-order valence-electron chi connectivity index (χ2n) is 3.60. The number of alkyl halides is 1. The maximum atomic E-state index is 11.4. The molecule has 0 saturated carbocycles. The Kier molecular flexibility index (Phi) is 3.17. The van der Waals surface area contributed by atoms with E-state index in [-0.39, 0.29) is 17.6 Å². The van der Waals surface area contributed by atoms with Crippen LogP contribution in [-0.2, 0) is 11.2 Å². The van der Waals surface area contributed by atoms with Gasteiger partial charge < -0.3 is 5.32 Å². The van der Waals surface area contributed by atoms with Crippen molar-refractivity contribution in [2.75, 3.05) is 11.2 Å². The van der Waals surface area contributed by atoms with Crippen LogP contribution in [0.25, 0.3) is 0 Å². The minimum Gasteiger partial charge on any atom is -0.325 e. The van der Waals surface area contributed by atoms with Crippen LogP contribution in [0.2, 0.25) is 5.02 Å². The molecule has 0 bridgehead atoms. The predicted molar refractivity (Wildman–Crippen MR) is 63.5 cm³/mol. The highest BCUT2D eigenvalue weighted by Gasteiger charge is 2.19. The first-order valence-corrected chi connectivity index (χ1v) is 5.74. The molecule has 1 aliphatic heterocycles. The SMILES string of the molecule is O=C1CCc2cc(C(=O)CCl)cc(Cl)c2N1. The summed E-state index contributed by atoms with van der Waals surface area (Å²) in [5, 5.41) is 3.09. The molecular weight excluding hydrogens is 249 g/mol. The number of nitrogens with one attached hydrogen (secondary N) is 1. The summed E-state index contributed by atoms with van der Waals surface area (Å²) in [5.74, 6) is -0.282. The quantitative estimate of drug-likeness (QED) is 0.654. The number of ketones is 1. The van der Waals surface area contributed by atoms with E-state index in [0.717, 1.165) is 5.56 Å². The molecule has 0 unspecified atom stereocenters. The highest BCUT2D eigenvalue weighted by molar-refractivity contribution is 6.35. The molecule has 1 N–H and O–H groups in total. The monoisotopic (exact) mass is 257 g/mol. The summed E-state index contributed by atoms with van der Waals surface area (Å²) in [6.07, 6.45) is 1.02. The standard InChI is InChI=1S/C11H9Cl2NO2/c12-5-9(15)7-3-6-1-2-10(16)14-11(6)8(13)4-7/h3-4H,1-2,5H2,(H,14,16). The lowest BCUT2D eigenvalue weighted by Gasteiger charge is -2.18. The number of rotatable bonds is 2. The molecule has 1 aromatic carbocycles. The Morgan fingerprint density at radius 2 is 2.12 bits per heavy atom. The van der Waals surface area contributed by atoms with E-state index < -0.39 is 0 Å². The number of carbonyl (C=O) groups excluding carboxylic acids is 2. The minimum absolute atomic E-state index is 0.0502. The van der Waals surface area contributed by atoms with Gasteiger partial charge in [-0.1, -0.05) is 11.6 Å². The first-order valence-electron chi connectivity index (χ1n) is 4.83. The fourth-order valence-corrected chi connectivity index (χ4v) is 2.13. The molecular formula is C11H9Cl2NO2. The van der Waals surface area contributed by atoms with E-state index in [4.69, 9.17) is 23.2 Å². The van der Waals surface area contributed by atoms with E-state index in [1.54, 1.807) is 6.07 Å². The van der Waals surface area contributed by atoms with Crippen LogP contribution in [0.4, 0.5) is 5.69 Å². The summed E-state index contributed by atoms with van der Waals surface area (Å²) >= 11 is 11.5. The third kappa shape index (κ3) is 2.06. The summed E-state index contributed by atoms with van der Waals surface area (Å²) in [4.78, 5) is 22.6. The minimum atomic E-state index is -0.164. The van der Waals surface area contributed by atoms with Crippen molar-refractivity contribution < 1.29 is 9.59 Å². The Labute approximate surface area is 103 Å². The number of amides is 1. The van der Waals surface area contributed by atoms with Gasteiger partial charge in [-0.15, -0.1) is 11.6 Å². The van der Waals surface area contributed by atoms with Crippen LogP contribution in [0.15, 0.2) is 12.1 Å². The van der Waals surface area contributed by atoms with Gasteiger partial charge in [-0.05, 0) is 24.1 Å². The van der Waals surface area contributed by atoms with Crippen LogP contribution >= 0.6 is 23.2 Å². The molecule has 0 radical (unpaired) electrons. The first kappa shape index (κ1) is 11.4. The molecule has 1 aromatic rings. The average molecular weight is 258 g/mol. The van der Waals surface area contributed by atoms with Gasteiger partial charge in [-0.2, -0.15) is 0 Å². The molecule has 0 spiro atoms. The van der Waals surface area contributed by atoms with E-state index in [0.29, 0.717) is 29.1 Å². The highest BCUT2D eigenvalue weighted by Crippen LogP contribution is 2.32. The maximum Gasteiger partial charge on any atom is 0.224 e. The van der Waals surface area contributed by atoms with Crippen molar-refractivity contribution in [3.05, 3.63) is 28.3 Å². The summed E-state index contributed by atoms with van der Waals surface area (Å²) in [5.41, 5.74) is 2.00. The first-order chi connectivity index (χ1) is 7.61. The third-order valence-corrected chi connectivity index (χ3v) is 3.04. The van der Waals surface area contributed by atoms with Gasteiger partial charge in [0.15, 0.2) is 5.78 Å². The average Bonchev–Trinajstić information content (AvgIpc) is 2.28. The van der Waals surface area contributed by atoms with E-state index in [2.05, 4.69) is 5.32 Å². The van der Waals surface area contributed by atoms with Crippen molar-refractivity contribution in [2.45, 2.75) is 12.8 Å². The number of hydrogen-bond donors (Lipinski definition) is 1. The Balaban J connectivity index is 2.46. The maximum absolute atomic E-state index is 11.4. The Hall–Kier alpha value is -1.06. The van der Waals surface area contributed by atoms with Gasteiger partial charge in [0, 0.05) is 12.0 Å². The van der Waals surface area contributed by atoms with Gasteiger partial charge in [0.1, 0.15) is 0 Å². The van der Waals surface area contributed by atoms with Gasteiger partial charge in [0.25, 0.3) is 0 Å². The number of halogens is 2. The number of Topliss-reactive ketones (excluding diaryl/α,β-unsaturated/α-hetero) is 1. The molecule has 0 aromatic heterocycles. The number of aryl methyl sites for hydroxylation is 1. The zero-order chi connectivity index (χ0) is 11.7. The molecule has 1 amide bonds. The van der Waals surface area contributed by atoms with Crippen LogP contribution in [0.3, 0.4) is 0 Å². The number of benzene rings is 1.